The van der Waals surface area contributed by atoms with E-state index in [4.69, 9.17) is 4.74 Å². The van der Waals surface area contributed by atoms with E-state index in [9.17, 15) is 13.6 Å². The SMILES string of the molecule is CCCNC(=O)COc1cc(Br)cc(F)c1F. The molecule has 3 nitrogen and oxygen atoms in total. The first-order valence-electron chi connectivity index (χ1n) is 5.08. The van der Waals surface area contributed by atoms with Crippen molar-refractivity contribution in [2.24, 2.45) is 0 Å². The molecule has 0 aliphatic heterocycles. The molecule has 0 bridgehead atoms. The second-order valence-corrected chi connectivity index (χ2v) is 4.25. The summed E-state index contributed by atoms with van der Waals surface area (Å²) in [5.41, 5.74) is 0. The number of ether oxygens (including phenoxy) is 1. The molecule has 0 saturated carbocycles. The second kappa shape index (κ2) is 6.54. The van der Waals surface area contributed by atoms with E-state index in [1.165, 1.54) is 6.07 Å². The van der Waals surface area contributed by atoms with Gasteiger partial charge in [-0.05, 0) is 18.6 Å². The van der Waals surface area contributed by atoms with Crippen LogP contribution in [-0.4, -0.2) is 19.1 Å². The van der Waals surface area contributed by atoms with Crippen LogP contribution < -0.4 is 10.1 Å². The fraction of sp³-hybridized carbons (Fsp3) is 0.364. The topological polar surface area (TPSA) is 38.3 Å². The van der Waals surface area contributed by atoms with Crippen molar-refractivity contribution in [3.63, 3.8) is 0 Å². The van der Waals surface area contributed by atoms with Gasteiger partial charge in [0.1, 0.15) is 0 Å². The van der Waals surface area contributed by atoms with Crippen molar-refractivity contribution in [2.45, 2.75) is 13.3 Å². The highest BCUT2D eigenvalue weighted by Crippen LogP contribution is 2.25. The molecule has 0 heterocycles. The van der Waals surface area contributed by atoms with Crippen LogP contribution in [0.2, 0.25) is 0 Å². The largest absolute Gasteiger partial charge is 0.481 e. The molecule has 1 N–H and O–H groups in total. The number of carbonyl (C=O) groups excluding carboxylic acids is 1. The Hall–Kier alpha value is -1.17. The van der Waals surface area contributed by atoms with Crippen LogP contribution in [0.25, 0.3) is 0 Å². The van der Waals surface area contributed by atoms with Crippen molar-refractivity contribution in [3.05, 3.63) is 28.2 Å². The molecule has 1 amide bonds. The first-order valence-corrected chi connectivity index (χ1v) is 5.88. The number of hydrogen-bond donors (Lipinski definition) is 1. The van der Waals surface area contributed by atoms with Crippen molar-refractivity contribution in [3.8, 4) is 5.75 Å². The predicted octanol–water partition coefficient (Wildman–Crippen LogP) is 2.63. The van der Waals surface area contributed by atoms with Gasteiger partial charge in [-0.15, -0.1) is 0 Å². The van der Waals surface area contributed by atoms with Crippen molar-refractivity contribution in [1.29, 1.82) is 0 Å². The summed E-state index contributed by atoms with van der Waals surface area (Å²) in [5.74, 6) is -2.78. The van der Waals surface area contributed by atoms with Gasteiger partial charge in [0.2, 0.25) is 5.82 Å². The Morgan fingerprint density at radius 3 is 2.82 bits per heavy atom. The number of rotatable bonds is 5. The quantitative estimate of drug-likeness (QED) is 0.849. The summed E-state index contributed by atoms with van der Waals surface area (Å²) in [5, 5.41) is 2.56. The average Bonchev–Trinajstić information content (AvgIpc) is 2.29. The van der Waals surface area contributed by atoms with Crippen LogP contribution in [0.3, 0.4) is 0 Å². The fourth-order valence-corrected chi connectivity index (χ4v) is 1.51. The van der Waals surface area contributed by atoms with Crippen LogP contribution in [0.5, 0.6) is 5.75 Å². The maximum atomic E-state index is 13.2. The fourth-order valence-electron chi connectivity index (χ4n) is 1.10. The van der Waals surface area contributed by atoms with Crippen molar-refractivity contribution < 1.29 is 18.3 Å². The Kier molecular flexibility index (Phi) is 5.34. The molecule has 0 saturated heterocycles. The predicted molar refractivity (Wildman–Crippen MR) is 62.9 cm³/mol. The molecule has 1 rings (SSSR count). The monoisotopic (exact) mass is 307 g/mol. The van der Waals surface area contributed by atoms with Crippen LogP contribution in [0.15, 0.2) is 16.6 Å². The van der Waals surface area contributed by atoms with Crippen LogP contribution >= 0.6 is 15.9 Å². The molecule has 0 unspecified atom stereocenters. The minimum Gasteiger partial charge on any atom is -0.481 e. The number of carbonyl (C=O) groups is 1. The van der Waals surface area contributed by atoms with E-state index < -0.39 is 11.6 Å². The molecule has 0 fully saturated rings. The van der Waals surface area contributed by atoms with Gasteiger partial charge in [0.05, 0.1) is 0 Å². The van der Waals surface area contributed by atoms with Crippen molar-refractivity contribution in [1.82, 2.24) is 5.32 Å². The molecule has 1 aromatic rings. The Morgan fingerprint density at radius 1 is 1.47 bits per heavy atom. The van der Waals surface area contributed by atoms with Gasteiger partial charge >= 0.3 is 0 Å². The number of amides is 1. The molecule has 0 aliphatic rings. The Balaban J connectivity index is 2.60. The summed E-state index contributed by atoms with van der Waals surface area (Å²) in [6.45, 7) is 2.09. The zero-order valence-corrected chi connectivity index (χ0v) is 10.8. The Morgan fingerprint density at radius 2 is 2.18 bits per heavy atom. The van der Waals surface area contributed by atoms with Crippen LogP contribution in [0, 0.1) is 11.6 Å². The summed E-state index contributed by atoms with van der Waals surface area (Å²) >= 11 is 3.01. The van der Waals surface area contributed by atoms with Gasteiger partial charge in [-0.2, -0.15) is 4.39 Å². The van der Waals surface area contributed by atoms with Gasteiger partial charge < -0.3 is 10.1 Å². The van der Waals surface area contributed by atoms with Crippen LogP contribution in [-0.2, 0) is 4.79 Å². The molecule has 1 aromatic carbocycles. The molecular formula is C11H12BrF2NO2. The van der Waals surface area contributed by atoms with Crippen LogP contribution in [0.1, 0.15) is 13.3 Å². The maximum Gasteiger partial charge on any atom is 0.257 e. The van der Waals surface area contributed by atoms with Gasteiger partial charge in [0.15, 0.2) is 18.2 Å². The first kappa shape index (κ1) is 13.9. The van der Waals surface area contributed by atoms with E-state index in [2.05, 4.69) is 21.2 Å². The van der Waals surface area contributed by atoms with Gasteiger partial charge in [-0.3, -0.25) is 4.79 Å². The third kappa shape index (κ3) is 4.30. The van der Waals surface area contributed by atoms with Gasteiger partial charge in [-0.25, -0.2) is 4.39 Å². The summed E-state index contributed by atoms with van der Waals surface area (Å²) in [4.78, 5) is 11.2. The third-order valence-electron chi connectivity index (χ3n) is 1.89. The summed E-state index contributed by atoms with van der Waals surface area (Å²) in [6.07, 6.45) is 0.797. The highest BCUT2D eigenvalue weighted by atomic mass is 79.9. The van der Waals surface area contributed by atoms with E-state index in [-0.39, 0.29) is 18.3 Å². The minimum absolute atomic E-state index is 0.288. The number of benzene rings is 1. The van der Waals surface area contributed by atoms with E-state index in [0.717, 1.165) is 12.5 Å². The molecule has 17 heavy (non-hydrogen) atoms. The molecule has 0 spiro atoms. The molecule has 6 heteroatoms. The molecular weight excluding hydrogens is 296 g/mol. The summed E-state index contributed by atoms with van der Waals surface area (Å²) in [7, 11) is 0. The standard InChI is InChI=1S/C11H12BrF2NO2/c1-2-3-15-10(16)6-17-9-5-7(12)4-8(13)11(9)14/h4-5H,2-3,6H2,1H3,(H,15,16). The van der Waals surface area contributed by atoms with Crippen LogP contribution in [0.4, 0.5) is 8.78 Å². The Bertz CT molecular complexity index is 413. The lowest BCUT2D eigenvalue weighted by molar-refractivity contribution is -0.123. The molecule has 94 valence electrons. The number of nitrogens with one attached hydrogen (secondary N) is 1. The smallest absolute Gasteiger partial charge is 0.257 e. The van der Waals surface area contributed by atoms with Crippen molar-refractivity contribution in [2.75, 3.05) is 13.2 Å². The number of hydrogen-bond acceptors (Lipinski definition) is 2. The zero-order chi connectivity index (χ0) is 12.8. The van der Waals surface area contributed by atoms with Gasteiger partial charge in [0, 0.05) is 11.0 Å². The highest BCUT2D eigenvalue weighted by Gasteiger charge is 2.12. The second-order valence-electron chi connectivity index (χ2n) is 3.34. The van der Waals surface area contributed by atoms with E-state index >= 15 is 0 Å². The van der Waals surface area contributed by atoms with Gasteiger partial charge in [0.25, 0.3) is 5.91 Å². The third-order valence-corrected chi connectivity index (χ3v) is 2.35. The molecule has 0 radical (unpaired) electrons. The first-order chi connectivity index (χ1) is 8.04. The zero-order valence-electron chi connectivity index (χ0n) is 9.23. The minimum atomic E-state index is -1.10. The summed E-state index contributed by atoms with van der Waals surface area (Å²) < 4.78 is 31.5. The Labute approximate surface area is 106 Å². The normalized spacial score (nSPS) is 10.1. The maximum absolute atomic E-state index is 13.2. The van der Waals surface area contributed by atoms with Crippen molar-refractivity contribution >= 4 is 21.8 Å². The lowest BCUT2D eigenvalue weighted by Gasteiger charge is -2.08. The van der Waals surface area contributed by atoms with E-state index in [1.807, 2.05) is 6.92 Å². The van der Waals surface area contributed by atoms with E-state index in [0.29, 0.717) is 11.0 Å². The van der Waals surface area contributed by atoms with Gasteiger partial charge in [-0.1, -0.05) is 22.9 Å². The molecule has 0 aliphatic carbocycles. The molecule has 0 atom stereocenters. The average molecular weight is 308 g/mol. The van der Waals surface area contributed by atoms with E-state index in [1.54, 1.807) is 0 Å². The lowest BCUT2D eigenvalue weighted by Crippen LogP contribution is -2.29. The lowest BCUT2D eigenvalue weighted by atomic mass is 10.3. The highest BCUT2D eigenvalue weighted by molar-refractivity contribution is 9.10. The molecule has 0 aromatic heterocycles. The number of halogens is 3. The summed E-state index contributed by atoms with van der Waals surface area (Å²) in [6, 6.07) is 2.25.